The molecule has 5 heteroatoms. The average Bonchev–Trinajstić information content (AvgIpc) is 2.85. The highest BCUT2D eigenvalue weighted by atomic mass is 31.2. The van der Waals surface area contributed by atoms with E-state index in [2.05, 4.69) is 106 Å². The van der Waals surface area contributed by atoms with E-state index in [1.165, 1.54) is 30.4 Å². The Morgan fingerprint density at radius 3 is 1.86 bits per heavy atom. The summed E-state index contributed by atoms with van der Waals surface area (Å²) >= 11 is 0. The standard InChI is InChI=1S/C31H45N2O2P/c1-6-7-24-34-36(35-25-15-14-23-32)33(29-30(2,3)21-16-22-31(29,4)5)28(26-17-10-8-11-18-26)27-19-12-9-13-20-27/h8-13,17-20,28-29H,6-7,14-16,21-22,24-25H2,1-5H3. The minimum absolute atomic E-state index is 0.0118. The van der Waals surface area contributed by atoms with Crippen molar-refractivity contribution in [2.24, 2.45) is 10.8 Å². The van der Waals surface area contributed by atoms with E-state index in [0.29, 0.717) is 19.6 Å². The molecule has 1 aliphatic carbocycles. The first-order valence-electron chi connectivity index (χ1n) is 13.6. The molecule has 1 fully saturated rings. The highest BCUT2D eigenvalue weighted by molar-refractivity contribution is 7.44. The lowest BCUT2D eigenvalue weighted by Crippen LogP contribution is -2.55. The molecule has 1 unspecified atom stereocenters. The van der Waals surface area contributed by atoms with Gasteiger partial charge < -0.3 is 9.05 Å². The molecular formula is C31H45N2O2P. The van der Waals surface area contributed by atoms with Gasteiger partial charge in [0.25, 0.3) is 8.53 Å². The Labute approximate surface area is 221 Å². The largest absolute Gasteiger partial charge is 0.322 e. The summed E-state index contributed by atoms with van der Waals surface area (Å²) < 4.78 is 15.9. The second-order valence-electron chi connectivity index (χ2n) is 11.4. The maximum Gasteiger partial charge on any atom is 0.259 e. The fraction of sp³-hybridized carbons (Fsp3) is 0.581. The molecule has 0 bridgehead atoms. The van der Waals surface area contributed by atoms with Crippen molar-refractivity contribution in [3.63, 3.8) is 0 Å². The zero-order valence-corrected chi connectivity index (χ0v) is 23.8. The first kappa shape index (κ1) is 28.8. The SMILES string of the molecule is CCCCOP(OCCCC#N)N(C(c1ccccc1)c1ccccc1)C1C(C)(C)CCCC1(C)C. The number of nitrogens with zero attached hydrogens (tertiary/aromatic N) is 2. The monoisotopic (exact) mass is 508 g/mol. The minimum Gasteiger partial charge on any atom is -0.322 e. The Morgan fingerprint density at radius 1 is 0.889 bits per heavy atom. The molecule has 2 aromatic rings. The lowest BCUT2D eigenvalue weighted by molar-refractivity contribution is -0.0204. The van der Waals surface area contributed by atoms with Gasteiger partial charge in [0.05, 0.1) is 25.3 Å². The first-order valence-corrected chi connectivity index (χ1v) is 14.8. The molecule has 0 radical (unpaired) electrons. The molecule has 4 nitrogen and oxygen atoms in total. The van der Waals surface area contributed by atoms with E-state index in [1.807, 2.05) is 0 Å². The lowest BCUT2D eigenvalue weighted by atomic mass is 9.61. The number of unbranched alkanes of at least 4 members (excludes halogenated alkanes) is 2. The van der Waals surface area contributed by atoms with E-state index in [4.69, 9.17) is 14.3 Å². The van der Waals surface area contributed by atoms with Crippen molar-refractivity contribution >= 4 is 8.53 Å². The fourth-order valence-electron chi connectivity index (χ4n) is 5.90. The van der Waals surface area contributed by atoms with Gasteiger partial charge in [-0.2, -0.15) is 5.26 Å². The van der Waals surface area contributed by atoms with Crippen LogP contribution in [0.25, 0.3) is 0 Å². The summed E-state index contributed by atoms with van der Waals surface area (Å²) in [5.41, 5.74) is 2.70. The Hall–Kier alpha value is -1.76. The third kappa shape index (κ3) is 7.39. The average molecular weight is 509 g/mol. The van der Waals surface area contributed by atoms with E-state index in [1.54, 1.807) is 0 Å². The molecule has 1 saturated carbocycles. The maximum absolute atomic E-state index is 9.10. The number of benzene rings is 2. The number of hydrogen-bond acceptors (Lipinski definition) is 4. The molecule has 196 valence electrons. The van der Waals surface area contributed by atoms with Gasteiger partial charge in [-0.15, -0.1) is 0 Å². The van der Waals surface area contributed by atoms with Crippen molar-refractivity contribution in [3.8, 4) is 6.07 Å². The summed E-state index contributed by atoms with van der Waals surface area (Å²) in [6, 6.07) is 24.2. The van der Waals surface area contributed by atoms with Gasteiger partial charge >= 0.3 is 0 Å². The smallest absolute Gasteiger partial charge is 0.259 e. The molecule has 1 aliphatic rings. The molecule has 0 saturated heterocycles. The van der Waals surface area contributed by atoms with Gasteiger partial charge in [0, 0.05) is 12.5 Å². The van der Waals surface area contributed by atoms with Gasteiger partial charge in [-0.25, -0.2) is 4.67 Å². The van der Waals surface area contributed by atoms with Gasteiger partial charge in [0.2, 0.25) is 0 Å². The number of nitriles is 1. The Morgan fingerprint density at radius 2 is 1.39 bits per heavy atom. The summed E-state index contributed by atoms with van der Waals surface area (Å²) in [5.74, 6) is 0. The third-order valence-corrected chi connectivity index (χ3v) is 9.05. The molecule has 2 aromatic carbocycles. The van der Waals surface area contributed by atoms with Crippen LogP contribution in [0.3, 0.4) is 0 Å². The number of hydrogen-bond donors (Lipinski definition) is 0. The van der Waals surface area contributed by atoms with Gasteiger partial charge in [-0.1, -0.05) is 108 Å². The lowest BCUT2D eigenvalue weighted by Gasteiger charge is -2.56. The van der Waals surface area contributed by atoms with Crippen LogP contribution in [-0.4, -0.2) is 23.9 Å². The number of rotatable bonds is 13. The molecule has 0 heterocycles. The van der Waals surface area contributed by atoms with Gasteiger partial charge in [-0.3, -0.25) is 0 Å². The Kier molecular flexibility index (Phi) is 11.0. The van der Waals surface area contributed by atoms with Crippen molar-refractivity contribution in [2.45, 2.75) is 91.6 Å². The van der Waals surface area contributed by atoms with E-state index >= 15 is 0 Å². The summed E-state index contributed by atoms with van der Waals surface area (Å²) in [4.78, 5) is 0. The minimum atomic E-state index is -1.35. The normalized spacial score (nSPS) is 18.3. The summed E-state index contributed by atoms with van der Waals surface area (Å²) in [6.45, 7) is 13.1. The molecular weight excluding hydrogens is 463 g/mol. The predicted molar refractivity (Wildman–Crippen MR) is 150 cm³/mol. The van der Waals surface area contributed by atoms with Crippen molar-refractivity contribution in [2.75, 3.05) is 13.2 Å². The predicted octanol–water partition coefficient (Wildman–Crippen LogP) is 9.05. The van der Waals surface area contributed by atoms with E-state index in [0.717, 1.165) is 19.3 Å². The first-order chi connectivity index (χ1) is 17.3. The van der Waals surface area contributed by atoms with Crippen molar-refractivity contribution < 1.29 is 9.05 Å². The van der Waals surface area contributed by atoms with Crippen LogP contribution in [0, 0.1) is 22.2 Å². The van der Waals surface area contributed by atoms with Crippen LogP contribution in [-0.2, 0) is 9.05 Å². The molecule has 0 spiro atoms. The quantitative estimate of drug-likeness (QED) is 0.200. The molecule has 36 heavy (non-hydrogen) atoms. The zero-order chi connectivity index (χ0) is 26.0. The highest BCUT2D eigenvalue weighted by Crippen LogP contribution is 2.60. The summed E-state index contributed by atoms with van der Waals surface area (Å²) in [7, 11) is -1.35. The maximum atomic E-state index is 9.10. The molecule has 0 aromatic heterocycles. The van der Waals surface area contributed by atoms with E-state index in [-0.39, 0.29) is 22.9 Å². The van der Waals surface area contributed by atoms with Crippen LogP contribution in [0.2, 0.25) is 0 Å². The van der Waals surface area contributed by atoms with Crippen LogP contribution in [0.4, 0.5) is 0 Å². The van der Waals surface area contributed by atoms with Crippen LogP contribution >= 0.6 is 8.53 Å². The van der Waals surface area contributed by atoms with Gasteiger partial charge in [0.15, 0.2) is 0 Å². The molecule has 1 atom stereocenters. The van der Waals surface area contributed by atoms with Crippen LogP contribution in [0.15, 0.2) is 60.7 Å². The molecule has 3 rings (SSSR count). The van der Waals surface area contributed by atoms with Crippen molar-refractivity contribution in [1.29, 1.82) is 5.26 Å². The Balaban J connectivity index is 2.17. The zero-order valence-electron chi connectivity index (χ0n) is 23.0. The second kappa shape index (κ2) is 13.7. The fourth-order valence-corrected chi connectivity index (χ4v) is 8.09. The Bertz CT molecular complexity index is 887. The van der Waals surface area contributed by atoms with Crippen molar-refractivity contribution in [3.05, 3.63) is 71.8 Å². The molecule has 0 aliphatic heterocycles. The van der Waals surface area contributed by atoms with Gasteiger partial charge in [-0.05, 0) is 47.6 Å². The third-order valence-electron chi connectivity index (χ3n) is 7.41. The summed E-state index contributed by atoms with van der Waals surface area (Å²) in [6.07, 6.45) is 6.91. The van der Waals surface area contributed by atoms with Gasteiger partial charge in [0.1, 0.15) is 0 Å². The molecule has 0 amide bonds. The van der Waals surface area contributed by atoms with Crippen molar-refractivity contribution in [1.82, 2.24) is 4.67 Å². The molecule has 0 N–H and O–H groups in total. The highest BCUT2D eigenvalue weighted by Gasteiger charge is 2.52. The second-order valence-corrected chi connectivity index (χ2v) is 12.8. The van der Waals surface area contributed by atoms with Crippen LogP contribution in [0.1, 0.15) is 96.7 Å². The van der Waals surface area contributed by atoms with Crippen LogP contribution < -0.4 is 0 Å². The van der Waals surface area contributed by atoms with E-state index < -0.39 is 8.53 Å². The van der Waals surface area contributed by atoms with E-state index in [9.17, 15) is 0 Å². The summed E-state index contributed by atoms with van der Waals surface area (Å²) in [5, 5.41) is 9.10. The van der Waals surface area contributed by atoms with Crippen LogP contribution in [0.5, 0.6) is 0 Å². The topological polar surface area (TPSA) is 45.5 Å².